The fourth-order valence-electron chi connectivity index (χ4n) is 2.76. The van der Waals surface area contributed by atoms with Crippen LogP contribution in [-0.2, 0) is 9.53 Å². The molecule has 1 unspecified atom stereocenters. The molecule has 9 heteroatoms. The van der Waals surface area contributed by atoms with Gasteiger partial charge in [0.2, 0.25) is 11.2 Å². The Morgan fingerprint density at radius 3 is 2.85 bits per heavy atom. The molecular weight excluding hydrogens is 443 g/mol. The highest BCUT2D eigenvalue weighted by Gasteiger charge is 2.32. The van der Waals surface area contributed by atoms with Crippen molar-refractivity contribution in [2.24, 2.45) is 0 Å². The topological polar surface area (TPSA) is 67.3 Å². The zero-order chi connectivity index (χ0) is 18.7. The quantitative estimate of drug-likeness (QED) is 0.707. The van der Waals surface area contributed by atoms with E-state index in [-0.39, 0.29) is 23.8 Å². The van der Waals surface area contributed by atoms with Crippen LogP contribution in [0.4, 0.5) is 5.82 Å². The van der Waals surface area contributed by atoms with Crippen molar-refractivity contribution in [1.29, 1.82) is 0 Å². The first kappa shape index (κ1) is 19.4. The Bertz CT molecular complexity index is 791. The number of ether oxygens (including phenoxy) is 1. The normalized spacial score (nSPS) is 18.5. The number of rotatable bonds is 4. The van der Waals surface area contributed by atoms with Crippen LogP contribution >= 0.6 is 39.1 Å². The van der Waals surface area contributed by atoms with Gasteiger partial charge in [-0.15, -0.1) is 0 Å². The predicted octanol–water partition coefficient (Wildman–Crippen LogP) is 3.63. The summed E-state index contributed by atoms with van der Waals surface area (Å²) in [5.74, 6) is 0.432. The Hall–Kier alpha value is -1.41. The lowest BCUT2D eigenvalue weighted by atomic mass is 10.1. The molecule has 0 bridgehead atoms. The number of benzene rings is 1. The van der Waals surface area contributed by atoms with Crippen LogP contribution < -0.4 is 10.2 Å². The largest absolute Gasteiger partial charge is 0.377 e. The van der Waals surface area contributed by atoms with Crippen LogP contribution in [0.3, 0.4) is 0 Å². The van der Waals surface area contributed by atoms with Crippen LogP contribution in [0.1, 0.15) is 18.5 Å². The van der Waals surface area contributed by atoms with E-state index >= 15 is 0 Å². The highest BCUT2D eigenvalue weighted by molar-refractivity contribution is 9.10. The van der Waals surface area contributed by atoms with E-state index in [2.05, 4.69) is 31.2 Å². The molecule has 0 aliphatic carbocycles. The third-order valence-corrected chi connectivity index (χ3v) is 5.12. The van der Waals surface area contributed by atoms with E-state index in [0.29, 0.717) is 28.5 Å². The Balaban J connectivity index is 1.77. The van der Waals surface area contributed by atoms with E-state index in [9.17, 15) is 4.79 Å². The predicted molar refractivity (Wildman–Crippen MR) is 105 cm³/mol. The second-order valence-corrected chi connectivity index (χ2v) is 7.51. The molecule has 6 nitrogen and oxygen atoms in total. The maximum atomic E-state index is 12.9. The average Bonchev–Trinajstić information content (AvgIpc) is 2.64. The maximum absolute atomic E-state index is 12.9. The van der Waals surface area contributed by atoms with Crippen LogP contribution in [0.2, 0.25) is 10.3 Å². The summed E-state index contributed by atoms with van der Waals surface area (Å²) in [6.07, 6.45) is 1.57. The van der Waals surface area contributed by atoms with Gasteiger partial charge in [-0.3, -0.25) is 4.79 Å². The van der Waals surface area contributed by atoms with Gasteiger partial charge in [0.1, 0.15) is 11.9 Å². The fraction of sp³-hybridized carbons (Fsp3) is 0.353. The SMILES string of the molecule is C[C@H](NC(=O)C1COCCN1c1nc(Cl)ncc1Br)c1ccc(Cl)cc1. The van der Waals surface area contributed by atoms with E-state index in [1.807, 2.05) is 24.0 Å². The van der Waals surface area contributed by atoms with Crippen molar-refractivity contribution in [1.82, 2.24) is 15.3 Å². The lowest BCUT2D eigenvalue weighted by molar-refractivity contribution is -0.125. The molecule has 1 saturated heterocycles. The van der Waals surface area contributed by atoms with Gasteiger partial charge in [-0.1, -0.05) is 23.7 Å². The van der Waals surface area contributed by atoms with Crippen LogP contribution in [-0.4, -0.2) is 41.7 Å². The van der Waals surface area contributed by atoms with E-state index in [1.54, 1.807) is 18.3 Å². The number of nitrogens with one attached hydrogen (secondary N) is 1. The number of hydrogen-bond acceptors (Lipinski definition) is 5. The summed E-state index contributed by atoms with van der Waals surface area (Å²) in [7, 11) is 0. The molecule has 1 amide bonds. The number of carbonyl (C=O) groups is 1. The van der Waals surface area contributed by atoms with Gasteiger partial charge < -0.3 is 15.0 Å². The highest BCUT2D eigenvalue weighted by atomic mass is 79.9. The molecule has 0 radical (unpaired) electrons. The molecule has 0 spiro atoms. The van der Waals surface area contributed by atoms with E-state index in [0.717, 1.165) is 5.56 Å². The Labute approximate surface area is 170 Å². The summed E-state index contributed by atoms with van der Waals surface area (Å²) in [5, 5.41) is 3.81. The number of carbonyl (C=O) groups excluding carboxylic acids is 1. The number of hydrogen-bond donors (Lipinski definition) is 1. The summed E-state index contributed by atoms with van der Waals surface area (Å²) in [5.41, 5.74) is 0.970. The number of halogens is 3. The zero-order valence-corrected chi connectivity index (χ0v) is 17.1. The fourth-order valence-corrected chi connectivity index (χ4v) is 3.43. The van der Waals surface area contributed by atoms with Crippen LogP contribution in [0.15, 0.2) is 34.9 Å². The number of aromatic nitrogens is 2. The highest BCUT2D eigenvalue weighted by Crippen LogP contribution is 2.27. The monoisotopic (exact) mass is 458 g/mol. The van der Waals surface area contributed by atoms with Crippen molar-refractivity contribution in [2.45, 2.75) is 19.0 Å². The van der Waals surface area contributed by atoms with Crippen LogP contribution in [0.5, 0.6) is 0 Å². The second-order valence-electron chi connectivity index (χ2n) is 5.88. The smallest absolute Gasteiger partial charge is 0.245 e. The second kappa shape index (κ2) is 8.52. The Morgan fingerprint density at radius 1 is 1.38 bits per heavy atom. The van der Waals surface area contributed by atoms with E-state index < -0.39 is 6.04 Å². The molecule has 138 valence electrons. The third-order valence-electron chi connectivity index (χ3n) is 4.13. The summed E-state index contributed by atoms with van der Waals surface area (Å²) < 4.78 is 6.19. The van der Waals surface area contributed by atoms with E-state index in [4.69, 9.17) is 27.9 Å². The molecule has 0 saturated carbocycles. The molecule has 3 rings (SSSR count). The molecule has 1 aliphatic heterocycles. The van der Waals surface area contributed by atoms with E-state index in [1.165, 1.54) is 0 Å². The molecule has 1 aromatic carbocycles. The van der Waals surface area contributed by atoms with Crippen molar-refractivity contribution < 1.29 is 9.53 Å². The number of nitrogens with zero attached hydrogens (tertiary/aromatic N) is 3. The molecule has 1 aliphatic rings. The van der Waals surface area contributed by atoms with Crippen molar-refractivity contribution in [3.8, 4) is 0 Å². The molecule has 26 heavy (non-hydrogen) atoms. The van der Waals surface area contributed by atoms with Gasteiger partial charge >= 0.3 is 0 Å². The number of morpholine rings is 1. The van der Waals surface area contributed by atoms with Gasteiger partial charge in [0.05, 0.1) is 23.7 Å². The molecule has 1 N–H and O–H groups in total. The lowest BCUT2D eigenvalue weighted by Gasteiger charge is -2.36. The van der Waals surface area contributed by atoms with Crippen molar-refractivity contribution >= 4 is 50.9 Å². The van der Waals surface area contributed by atoms with Crippen molar-refractivity contribution in [2.75, 3.05) is 24.7 Å². The number of anilines is 1. The first-order chi connectivity index (χ1) is 12.5. The van der Waals surface area contributed by atoms with Crippen molar-refractivity contribution in [3.05, 3.63) is 50.8 Å². The average molecular weight is 460 g/mol. The van der Waals surface area contributed by atoms with Gasteiger partial charge in [0, 0.05) is 17.8 Å². The van der Waals surface area contributed by atoms with Gasteiger partial charge in [0.15, 0.2) is 0 Å². The molecule has 2 atom stereocenters. The molecule has 1 aromatic heterocycles. The van der Waals surface area contributed by atoms with Gasteiger partial charge in [-0.05, 0) is 52.2 Å². The molecule has 2 heterocycles. The first-order valence-corrected chi connectivity index (χ1v) is 9.59. The summed E-state index contributed by atoms with van der Waals surface area (Å²) in [6.45, 7) is 3.23. The van der Waals surface area contributed by atoms with Gasteiger partial charge in [0.25, 0.3) is 0 Å². The zero-order valence-electron chi connectivity index (χ0n) is 14.0. The minimum atomic E-state index is -0.513. The van der Waals surface area contributed by atoms with Crippen LogP contribution in [0, 0.1) is 0 Å². The Kier molecular flexibility index (Phi) is 6.34. The van der Waals surface area contributed by atoms with Gasteiger partial charge in [-0.2, -0.15) is 4.98 Å². The maximum Gasteiger partial charge on any atom is 0.245 e. The minimum absolute atomic E-state index is 0.128. The third kappa shape index (κ3) is 4.46. The Morgan fingerprint density at radius 2 is 2.12 bits per heavy atom. The molecular formula is C17H17BrCl2N4O2. The minimum Gasteiger partial charge on any atom is -0.377 e. The standard InChI is InChI=1S/C17H17BrCl2N4O2/c1-10(11-2-4-12(19)5-3-11)22-16(25)14-9-26-7-6-24(14)15-13(18)8-21-17(20)23-15/h2-5,8,10,14H,6-7,9H2,1H3,(H,22,25)/t10-,14?/m0/s1. The summed E-state index contributed by atoms with van der Waals surface area (Å²) in [4.78, 5) is 23.0. The molecule has 2 aromatic rings. The lowest BCUT2D eigenvalue weighted by Crippen LogP contribution is -2.54. The molecule has 1 fully saturated rings. The van der Waals surface area contributed by atoms with Crippen molar-refractivity contribution in [3.63, 3.8) is 0 Å². The first-order valence-electron chi connectivity index (χ1n) is 8.04. The van der Waals surface area contributed by atoms with Crippen LogP contribution in [0.25, 0.3) is 0 Å². The van der Waals surface area contributed by atoms with Gasteiger partial charge in [-0.25, -0.2) is 4.98 Å². The summed E-state index contributed by atoms with van der Waals surface area (Å²) in [6, 6.07) is 6.71. The number of amides is 1. The summed E-state index contributed by atoms with van der Waals surface area (Å²) >= 11 is 15.3.